The summed E-state index contributed by atoms with van der Waals surface area (Å²) in [6, 6.07) is 10.2. The van der Waals surface area contributed by atoms with Gasteiger partial charge in [-0.3, -0.25) is 4.79 Å². The minimum absolute atomic E-state index is 0.147. The van der Waals surface area contributed by atoms with Crippen molar-refractivity contribution in [2.24, 2.45) is 0 Å². The molecule has 0 unspecified atom stereocenters. The molecule has 1 aliphatic heterocycles. The predicted molar refractivity (Wildman–Crippen MR) is 99.7 cm³/mol. The SMILES string of the molecule is COc1ccc(/C=C2\Oc3ccc4c(C)cc(=O)oc4c3C2=O)cc1OC. The predicted octanol–water partition coefficient (Wildman–Crippen LogP) is 3.73. The average Bonchev–Trinajstić information content (AvgIpc) is 2.97. The molecule has 3 aromatic rings. The molecule has 0 atom stereocenters. The number of carbonyl (C=O) groups is 1. The fourth-order valence-electron chi connectivity index (χ4n) is 3.14. The topological polar surface area (TPSA) is 75.0 Å². The van der Waals surface area contributed by atoms with Crippen LogP contribution in [0.3, 0.4) is 0 Å². The van der Waals surface area contributed by atoms with Gasteiger partial charge in [0.2, 0.25) is 5.78 Å². The van der Waals surface area contributed by atoms with Crippen LogP contribution in [0.25, 0.3) is 17.0 Å². The van der Waals surface area contributed by atoms with Gasteiger partial charge in [-0.2, -0.15) is 0 Å². The summed E-state index contributed by atoms with van der Waals surface area (Å²) in [7, 11) is 3.09. The van der Waals surface area contributed by atoms with E-state index in [1.807, 2.05) is 0 Å². The van der Waals surface area contributed by atoms with Crippen LogP contribution < -0.4 is 19.8 Å². The van der Waals surface area contributed by atoms with E-state index in [0.29, 0.717) is 28.2 Å². The lowest BCUT2D eigenvalue weighted by molar-refractivity contribution is 0.101. The van der Waals surface area contributed by atoms with Crippen LogP contribution in [0.15, 0.2) is 51.4 Å². The molecule has 4 rings (SSSR count). The largest absolute Gasteiger partial charge is 0.493 e. The highest BCUT2D eigenvalue weighted by atomic mass is 16.5. The molecule has 1 aromatic heterocycles. The maximum atomic E-state index is 12.9. The van der Waals surface area contributed by atoms with Crippen molar-refractivity contribution >= 4 is 22.8 Å². The van der Waals surface area contributed by atoms with E-state index in [9.17, 15) is 9.59 Å². The van der Waals surface area contributed by atoms with Crippen LogP contribution in [-0.2, 0) is 0 Å². The lowest BCUT2D eigenvalue weighted by Gasteiger charge is -2.08. The third kappa shape index (κ3) is 2.75. The molecule has 6 heteroatoms. The fraction of sp³-hybridized carbons (Fsp3) is 0.143. The summed E-state index contributed by atoms with van der Waals surface area (Å²) in [6.07, 6.45) is 1.62. The Hall–Kier alpha value is -3.54. The van der Waals surface area contributed by atoms with Gasteiger partial charge in [0.15, 0.2) is 22.8 Å². The number of methoxy groups -OCH3 is 2. The molecule has 0 spiro atoms. The zero-order valence-corrected chi connectivity index (χ0v) is 15.0. The number of aryl methyl sites for hydroxylation is 1. The number of rotatable bonds is 3. The second-order valence-corrected chi connectivity index (χ2v) is 6.12. The molecule has 0 fully saturated rings. The minimum Gasteiger partial charge on any atom is -0.493 e. The molecule has 2 heterocycles. The fourth-order valence-corrected chi connectivity index (χ4v) is 3.14. The van der Waals surface area contributed by atoms with Gasteiger partial charge in [0.25, 0.3) is 0 Å². The van der Waals surface area contributed by atoms with E-state index in [-0.39, 0.29) is 22.7 Å². The van der Waals surface area contributed by atoms with Gasteiger partial charge in [-0.1, -0.05) is 6.07 Å². The monoisotopic (exact) mass is 364 g/mol. The first-order valence-corrected chi connectivity index (χ1v) is 8.25. The van der Waals surface area contributed by atoms with Crippen LogP contribution in [0.1, 0.15) is 21.5 Å². The molecule has 27 heavy (non-hydrogen) atoms. The summed E-state index contributed by atoms with van der Waals surface area (Å²) in [4.78, 5) is 24.7. The molecular weight excluding hydrogens is 348 g/mol. The van der Waals surface area contributed by atoms with E-state index in [2.05, 4.69) is 0 Å². The van der Waals surface area contributed by atoms with Gasteiger partial charge in [-0.25, -0.2) is 4.79 Å². The Bertz CT molecular complexity index is 1170. The normalized spacial score (nSPS) is 14.3. The van der Waals surface area contributed by atoms with Crippen molar-refractivity contribution in [3.05, 3.63) is 69.3 Å². The third-order valence-electron chi connectivity index (χ3n) is 4.46. The molecular formula is C21H16O6. The van der Waals surface area contributed by atoms with E-state index in [1.165, 1.54) is 6.07 Å². The van der Waals surface area contributed by atoms with E-state index >= 15 is 0 Å². The smallest absolute Gasteiger partial charge is 0.336 e. The highest BCUT2D eigenvalue weighted by Crippen LogP contribution is 2.38. The van der Waals surface area contributed by atoms with Crippen LogP contribution in [0.5, 0.6) is 17.2 Å². The van der Waals surface area contributed by atoms with Gasteiger partial charge >= 0.3 is 5.63 Å². The molecule has 2 aromatic carbocycles. The first kappa shape index (κ1) is 16.9. The van der Waals surface area contributed by atoms with E-state index in [0.717, 1.165) is 5.56 Å². The first-order valence-electron chi connectivity index (χ1n) is 8.25. The molecule has 0 saturated carbocycles. The van der Waals surface area contributed by atoms with Crippen LogP contribution >= 0.6 is 0 Å². The standard InChI is InChI=1S/C21H16O6/c1-11-8-18(22)27-21-13(11)5-7-15-19(21)20(23)17(26-15)10-12-4-6-14(24-2)16(9-12)25-3/h4-10H,1-3H3/b17-10-. The zero-order valence-electron chi connectivity index (χ0n) is 15.0. The Morgan fingerprint density at radius 3 is 2.48 bits per heavy atom. The number of hydrogen-bond acceptors (Lipinski definition) is 6. The summed E-state index contributed by atoms with van der Waals surface area (Å²) >= 11 is 0. The summed E-state index contributed by atoms with van der Waals surface area (Å²) in [5.74, 6) is 1.31. The van der Waals surface area contributed by atoms with Gasteiger partial charge in [-0.05, 0) is 48.4 Å². The molecule has 0 aliphatic carbocycles. The van der Waals surface area contributed by atoms with E-state index < -0.39 is 5.63 Å². The van der Waals surface area contributed by atoms with E-state index in [1.54, 1.807) is 57.6 Å². The number of hydrogen-bond donors (Lipinski definition) is 0. The van der Waals surface area contributed by atoms with Crippen molar-refractivity contribution < 1.29 is 23.4 Å². The molecule has 0 amide bonds. The lowest BCUT2D eigenvalue weighted by Crippen LogP contribution is -2.02. The molecule has 0 N–H and O–H groups in total. The third-order valence-corrected chi connectivity index (χ3v) is 4.46. The minimum atomic E-state index is -0.501. The lowest BCUT2D eigenvalue weighted by atomic mass is 10.0. The Labute approximate surface area is 154 Å². The summed E-state index contributed by atoms with van der Waals surface area (Å²) in [5.41, 5.74) is 1.47. The number of carbonyl (C=O) groups excluding carboxylic acids is 1. The molecule has 136 valence electrons. The Morgan fingerprint density at radius 1 is 0.963 bits per heavy atom. The van der Waals surface area contributed by atoms with Crippen molar-refractivity contribution in [1.82, 2.24) is 0 Å². The van der Waals surface area contributed by atoms with Crippen LogP contribution in [0, 0.1) is 6.92 Å². The molecule has 1 aliphatic rings. The highest BCUT2D eigenvalue weighted by Gasteiger charge is 2.31. The second kappa shape index (κ2) is 6.32. The molecule has 6 nitrogen and oxygen atoms in total. The zero-order chi connectivity index (χ0) is 19.1. The second-order valence-electron chi connectivity index (χ2n) is 6.12. The Morgan fingerprint density at radius 2 is 1.74 bits per heavy atom. The number of ketones is 1. The summed E-state index contributed by atoms with van der Waals surface area (Å²) in [6.45, 7) is 1.80. The average molecular weight is 364 g/mol. The first-order chi connectivity index (χ1) is 13.0. The number of Topliss-reactive ketones (excluding diaryl/α,β-unsaturated/α-hetero) is 1. The molecule has 0 radical (unpaired) electrons. The van der Waals surface area contributed by atoms with Gasteiger partial charge in [0, 0.05) is 11.5 Å². The van der Waals surface area contributed by atoms with Crippen molar-refractivity contribution in [3.8, 4) is 17.2 Å². The molecule has 0 bridgehead atoms. The molecule has 0 saturated heterocycles. The maximum absolute atomic E-state index is 12.9. The summed E-state index contributed by atoms with van der Waals surface area (Å²) < 4.78 is 21.5. The number of allylic oxidation sites excluding steroid dienone is 1. The maximum Gasteiger partial charge on any atom is 0.336 e. The van der Waals surface area contributed by atoms with Gasteiger partial charge in [0.1, 0.15) is 11.3 Å². The van der Waals surface area contributed by atoms with Crippen LogP contribution in [0.2, 0.25) is 0 Å². The van der Waals surface area contributed by atoms with Crippen molar-refractivity contribution in [1.29, 1.82) is 0 Å². The van der Waals surface area contributed by atoms with Crippen LogP contribution in [-0.4, -0.2) is 20.0 Å². The van der Waals surface area contributed by atoms with E-state index in [4.69, 9.17) is 18.6 Å². The quantitative estimate of drug-likeness (QED) is 0.521. The van der Waals surface area contributed by atoms with Gasteiger partial charge in [0.05, 0.1) is 14.2 Å². The van der Waals surface area contributed by atoms with Crippen molar-refractivity contribution in [2.45, 2.75) is 6.92 Å². The van der Waals surface area contributed by atoms with Gasteiger partial charge in [-0.15, -0.1) is 0 Å². The van der Waals surface area contributed by atoms with Crippen molar-refractivity contribution in [2.75, 3.05) is 14.2 Å². The van der Waals surface area contributed by atoms with Gasteiger partial charge < -0.3 is 18.6 Å². The number of benzene rings is 2. The number of fused-ring (bicyclic) bond motifs is 3. The van der Waals surface area contributed by atoms with Crippen molar-refractivity contribution in [3.63, 3.8) is 0 Å². The Kier molecular flexibility index (Phi) is 3.96. The number of ether oxygens (including phenoxy) is 3. The van der Waals surface area contributed by atoms with Crippen LogP contribution in [0.4, 0.5) is 0 Å². The summed E-state index contributed by atoms with van der Waals surface area (Å²) in [5, 5.41) is 0.706. The highest BCUT2D eigenvalue weighted by molar-refractivity contribution is 6.20. The Balaban J connectivity index is 1.81.